The first-order chi connectivity index (χ1) is 12.2. The number of rotatable bonds is 4. The van der Waals surface area contributed by atoms with Crippen molar-refractivity contribution >= 4 is 23.1 Å². The van der Waals surface area contributed by atoms with Crippen LogP contribution in [0.2, 0.25) is 5.02 Å². The molecule has 0 aliphatic carbocycles. The minimum atomic E-state index is -0.0101. The van der Waals surface area contributed by atoms with Crippen LogP contribution in [0.15, 0.2) is 54.6 Å². The predicted molar refractivity (Wildman–Crippen MR) is 98.9 cm³/mol. The smallest absolute Gasteiger partial charge is 0.247 e. The molecule has 1 fully saturated rings. The summed E-state index contributed by atoms with van der Waals surface area (Å²) in [6, 6.07) is 15.2. The van der Waals surface area contributed by atoms with Crippen molar-refractivity contribution in [2.75, 3.05) is 33.4 Å². The Morgan fingerprint density at radius 2 is 1.60 bits per heavy atom. The quantitative estimate of drug-likeness (QED) is 0.784. The summed E-state index contributed by atoms with van der Waals surface area (Å²) in [6.45, 7) is 2.40. The SMILES string of the molecule is COc1ccc(C(=CC(=O)N2CCOCC2)c2ccc(Cl)cc2)cc1. The fraction of sp³-hybridized carbons (Fsp3) is 0.250. The number of carbonyl (C=O) groups excluding carboxylic acids is 1. The molecule has 5 heteroatoms. The van der Waals surface area contributed by atoms with E-state index in [4.69, 9.17) is 21.1 Å². The Bertz CT molecular complexity index is 748. The van der Waals surface area contributed by atoms with Crippen LogP contribution < -0.4 is 4.74 Å². The Balaban J connectivity index is 1.96. The van der Waals surface area contributed by atoms with Crippen LogP contribution in [-0.2, 0) is 9.53 Å². The molecule has 0 unspecified atom stereocenters. The van der Waals surface area contributed by atoms with Crippen molar-refractivity contribution in [1.29, 1.82) is 0 Å². The average Bonchev–Trinajstić information content (AvgIpc) is 2.67. The van der Waals surface area contributed by atoms with E-state index in [-0.39, 0.29) is 5.91 Å². The standard InChI is InChI=1S/C20H20ClNO3/c1-24-18-8-4-16(5-9-18)19(15-2-6-17(21)7-3-15)14-20(23)22-10-12-25-13-11-22/h2-9,14H,10-13H2,1H3. The maximum Gasteiger partial charge on any atom is 0.247 e. The predicted octanol–water partition coefficient (Wildman–Crippen LogP) is 3.64. The molecule has 4 nitrogen and oxygen atoms in total. The van der Waals surface area contributed by atoms with E-state index < -0.39 is 0 Å². The fourth-order valence-electron chi connectivity index (χ4n) is 2.73. The second-order valence-corrected chi connectivity index (χ2v) is 6.17. The molecule has 1 aliphatic rings. The Kier molecular flexibility index (Phi) is 5.74. The highest BCUT2D eigenvalue weighted by Crippen LogP contribution is 2.27. The number of hydrogen-bond donors (Lipinski definition) is 0. The number of morpholine rings is 1. The van der Waals surface area contributed by atoms with E-state index in [9.17, 15) is 4.79 Å². The van der Waals surface area contributed by atoms with E-state index in [1.165, 1.54) is 0 Å². The molecule has 1 saturated heterocycles. The lowest BCUT2D eigenvalue weighted by molar-refractivity contribution is -0.129. The number of amides is 1. The Labute approximate surface area is 152 Å². The van der Waals surface area contributed by atoms with Crippen LogP contribution in [-0.4, -0.2) is 44.2 Å². The van der Waals surface area contributed by atoms with Gasteiger partial charge in [-0.05, 0) is 41.0 Å². The van der Waals surface area contributed by atoms with Crippen LogP contribution in [0.4, 0.5) is 0 Å². The van der Waals surface area contributed by atoms with Gasteiger partial charge in [0.15, 0.2) is 0 Å². The van der Waals surface area contributed by atoms with Crippen molar-refractivity contribution in [3.63, 3.8) is 0 Å². The zero-order valence-electron chi connectivity index (χ0n) is 14.1. The molecular formula is C20H20ClNO3. The summed E-state index contributed by atoms with van der Waals surface area (Å²) in [6.07, 6.45) is 1.69. The highest BCUT2D eigenvalue weighted by atomic mass is 35.5. The molecule has 0 saturated carbocycles. The average molecular weight is 358 g/mol. The van der Waals surface area contributed by atoms with Gasteiger partial charge in [-0.25, -0.2) is 0 Å². The zero-order valence-corrected chi connectivity index (χ0v) is 14.8. The van der Waals surface area contributed by atoms with Gasteiger partial charge in [0.2, 0.25) is 5.91 Å². The topological polar surface area (TPSA) is 38.8 Å². The Morgan fingerprint density at radius 1 is 1.04 bits per heavy atom. The maximum absolute atomic E-state index is 12.7. The summed E-state index contributed by atoms with van der Waals surface area (Å²) < 4.78 is 10.5. The van der Waals surface area contributed by atoms with E-state index in [1.54, 1.807) is 13.2 Å². The van der Waals surface area contributed by atoms with Gasteiger partial charge < -0.3 is 14.4 Å². The van der Waals surface area contributed by atoms with E-state index in [2.05, 4.69) is 0 Å². The second-order valence-electron chi connectivity index (χ2n) is 5.73. The van der Waals surface area contributed by atoms with Gasteiger partial charge in [-0.3, -0.25) is 4.79 Å². The number of halogens is 1. The molecule has 0 spiro atoms. The highest BCUT2D eigenvalue weighted by Gasteiger charge is 2.17. The molecule has 0 bridgehead atoms. The molecule has 0 atom stereocenters. The molecule has 3 rings (SSSR count). The van der Waals surface area contributed by atoms with E-state index >= 15 is 0 Å². The number of ether oxygens (including phenoxy) is 2. The van der Waals surface area contributed by atoms with Gasteiger partial charge in [0.05, 0.1) is 20.3 Å². The van der Waals surface area contributed by atoms with Gasteiger partial charge in [-0.2, -0.15) is 0 Å². The van der Waals surface area contributed by atoms with Crippen LogP contribution in [0.5, 0.6) is 5.75 Å². The van der Waals surface area contributed by atoms with Gasteiger partial charge in [0.1, 0.15) is 5.75 Å². The first kappa shape index (κ1) is 17.5. The van der Waals surface area contributed by atoms with E-state index in [1.807, 2.05) is 53.4 Å². The van der Waals surface area contributed by atoms with Crippen molar-refractivity contribution in [2.45, 2.75) is 0 Å². The van der Waals surface area contributed by atoms with Crippen molar-refractivity contribution in [3.05, 3.63) is 70.8 Å². The first-order valence-electron chi connectivity index (χ1n) is 8.16. The lowest BCUT2D eigenvalue weighted by atomic mass is 9.97. The minimum absolute atomic E-state index is 0.0101. The Morgan fingerprint density at radius 3 is 2.16 bits per heavy atom. The van der Waals surface area contributed by atoms with E-state index in [0.29, 0.717) is 31.3 Å². The van der Waals surface area contributed by atoms with E-state index in [0.717, 1.165) is 22.4 Å². The first-order valence-corrected chi connectivity index (χ1v) is 8.54. The molecular weight excluding hydrogens is 338 g/mol. The molecule has 2 aromatic carbocycles. The van der Waals surface area contributed by atoms with Gasteiger partial charge >= 0.3 is 0 Å². The number of hydrogen-bond acceptors (Lipinski definition) is 3. The largest absolute Gasteiger partial charge is 0.497 e. The molecule has 0 N–H and O–H groups in total. The molecule has 0 radical (unpaired) electrons. The highest BCUT2D eigenvalue weighted by molar-refractivity contribution is 6.30. The van der Waals surface area contributed by atoms with Crippen LogP contribution in [0, 0.1) is 0 Å². The summed E-state index contributed by atoms with van der Waals surface area (Å²) in [5.74, 6) is 0.766. The monoisotopic (exact) mass is 357 g/mol. The summed E-state index contributed by atoms with van der Waals surface area (Å²) >= 11 is 6.00. The summed E-state index contributed by atoms with van der Waals surface area (Å²) in [7, 11) is 1.63. The third kappa shape index (κ3) is 4.41. The maximum atomic E-state index is 12.7. The van der Waals surface area contributed by atoms with Gasteiger partial charge in [0, 0.05) is 24.2 Å². The fourth-order valence-corrected chi connectivity index (χ4v) is 2.86. The Hall–Kier alpha value is -2.30. The van der Waals surface area contributed by atoms with Crippen LogP contribution in [0.25, 0.3) is 5.57 Å². The lowest BCUT2D eigenvalue weighted by Gasteiger charge is -2.26. The van der Waals surface area contributed by atoms with Crippen molar-refractivity contribution in [1.82, 2.24) is 4.90 Å². The lowest BCUT2D eigenvalue weighted by Crippen LogP contribution is -2.39. The molecule has 130 valence electrons. The number of nitrogens with zero attached hydrogens (tertiary/aromatic N) is 1. The van der Waals surface area contributed by atoms with Gasteiger partial charge in [0.25, 0.3) is 0 Å². The minimum Gasteiger partial charge on any atom is -0.497 e. The molecule has 1 aliphatic heterocycles. The third-order valence-corrected chi connectivity index (χ3v) is 4.40. The third-order valence-electron chi connectivity index (χ3n) is 4.15. The number of benzene rings is 2. The molecule has 2 aromatic rings. The van der Waals surface area contributed by atoms with Crippen molar-refractivity contribution < 1.29 is 14.3 Å². The van der Waals surface area contributed by atoms with Crippen molar-refractivity contribution in [3.8, 4) is 5.75 Å². The summed E-state index contributed by atoms with van der Waals surface area (Å²) in [5, 5.41) is 0.664. The normalized spacial score (nSPS) is 15.1. The van der Waals surface area contributed by atoms with Crippen molar-refractivity contribution in [2.24, 2.45) is 0 Å². The summed E-state index contributed by atoms with van der Waals surface area (Å²) in [5.41, 5.74) is 2.75. The molecule has 1 heterocycles. The van der Waals surface area contributed by atoms with Crippen LogP contribution in [0.1, 0.15) is 11.1 Å². The van der Waals surface area contributed by atoms with Crippen LogP contribution >= 0.6 is 11.6 Å². The van der Waals surface area contributed by atoms with Gasteiger partial charge in [-0.15, -0.1) is 0 Å². The summed E-state index contributed by atoms with van der Waals surface area (Å²) in [4.78, 5) is 14.5. The zero-order chi connectivity index (χ0) is 17.6. The van der Waals surface area contributed by atoms with Gasteiger partial charge in [-0.1, -0.05) is 35.9 Å². The van der Waals surface area contributed by atoms with Crippen LogP contribution in [0.3, 0.4) is 0 Å². The molecule has 25 heavy (non-hydrogen) atoms. The number of methoxy groups -OCH3 is 1. The molecule has 0 aromatic heterocycles. The number of carbonyl (C=O) groups is 1. The second kappa shape index (κ2) is 8.19. The molecule has 1 amide bonds.